The first-order valence-corrected chi connectivity index (χ1v) is 9.43. The largest absolute Gasteiger partial charge is 0.471 e. The van der Waals surface area contributed by atoms with Crippen molar-refractivity contribution in [1.29, 1.82) is 0 Å². The molecule has 31 heavy (non-hydrogen) atoms. The van der Waals surface area contributed by atoms with Gasteiger partial charge >= 0.3 is 12.1 Å². The highest BCUT2D eigenvalue weighted by molar-refractivity contribution is 5.86. The highest BCUT2D eigenvalue weighted by atomic mass is 19.4. The van der Waals surface area contributed by atoms with Crippen molar-refractivity contribution in [3.63, 3.8) is 0 Å². The Morgan fingerprint density at radius 2 is 1.90 bits per heavy atom. The zero-order valence-electron chi connectivity index (χ0n) is 18.3. The zero-order chi connectivity index (χ0) is 24.4. The van der Waals surface area contributed by atoms with E-state index in [-0.39, 0.29) is 5.91 Å². The highest BCUT2D eigenvalue weighted by Gasteiger charge is 2.59. The smallest absolute Gasteiger partial charge is 0.360 e. The Kier molecular flexibility index (Phi) is 11.0. The van der Waals surface area contributed by atoms with Crippen molar-refractivity contribution in [2.75, 3.05) is 13.6 Å². The quantitative estimate of drug-likeness (QED) is 0.404. The normalized spacial score (nSPS) is 25.8. The third kappa shape index (κ3) is 6.82. The summed E-state index contributed by atoms with van der Waals surface area (Å²) in [5.74, 6) is -2.09. The molecule has 2 heterocycles. The van der Waals surface area contributed by atoms with E-state index in [1.54, 1.807) is 51.4 Å². The summed E-state index contributed by atoms with van der Waals surface area (Å²) in [7, 11) is 1.55. The van der Waals surface area contributed by atoms with E-state index in [0.717, 1.165) is 0 Å². The average molecular weight is 442 g/mol. The number of carbonyl (C=O) groups is 3. The second kappa shape index (κ2) is 12.1. The molecule has 6 nitrogen and oxygen atoms in total. The van der Waals surface area contributed by atoms with Crippen molar-refractivity contribution in [1.82, 2.24) is 10.2 Å². The molecule has 0 saturated carbocycles. The number of rotatable bonds is 5. The van der Waals surface area contributed by atoms with Gasteiger partial charge in [-0.3, -0.25) is 9.59 Å². The number of allylic oxidation sites excluding steroid dienone is 3. The van der Waals surface area contributed by atoms with E-state index in [9.17, 15) is 27.6 Å². The van der Waals surface area contributed by atoms with E-state index in [1.165, 1.54) is 11.0 Å². The molecule has 0 aromatic carbocycles. The summed E-state index contributed by atoms with van der Waals surface area (Å²) in [6.07, 6.45) is 5.80. The number of alkyl halides is 3. The number of hydrogen-bond donors (Lipinski definition) is 1. The van der Waals surface area contributed by atoms with Crippen LogP contribution in [0, 0.1) is 24.2 Å². The summed E-state index contributed by atoms with van der Waals surface area (Å²) in [5.41, 5.74) is -0.779. The van der Waals surface area contributed by atoms with Gasteiger partial charge in [0.25, 0.3) is 0 Å². The van der Waals surface area contributed by atoms with Gasteiger partial charge in [-0.2, -0.15) is 13.2 Å². The molecule has 4 atom stereocenters. The van der Waals surface area contributed by atoms with Crippen LogP contribution in [-0.2, 0) is 19.1 Å². The molecule has 2 bridgehead atoms. The Labute approximate surface area is 181 Å². The van der Waals surface area contributed by atoms with E-state index < -0.39 is 42.2 Å². The minimum absolute atomic E-state index is 0.369. The molecule has 172 valence electrons. The van der Waals surface area contributed by atoms with Crippen molar-refractivity contribution in [2.24, 2.45) is 11.8 Å². The van der Waals surface area contributed by atoms with Crippen LogP contribution < -0.4 is 5.32 Å². The minimum Gasteiger partial charge on any atom is -0.360 e. The molecule has 0 spiro atoms. The SMILES string of the molecule is C#CC.C/C=C(\C)N(C)C(=O)C1C2C=CC(CNC(=O)C(F)(F)F)(O2)C1C=O.C=CC. The molecule has 2 aliphatic heterocycles. The summed E-state index contributed by atoms with van der Waals surface area (Å²) >= 11 is 0. The van der Waals surface area contributed by atoms with Crippen LogP contribution in [0.1, 0.15) is 27.7 Å². The van der Waals surface area contributed by atoms with Gasteiger partial charge in [0.15, 0.2) is 0 Å². The fourth-order valence-corrected chi connectivity index (χ4v) is 3.10. The molecule has 2 amide bonds. The summed E-state index contributed by atoms with van der Waals surface area (Å²) in [6.45, 7) is 9.83. The molecule has 0 aromatic heterocycles. The summed E-state index contributed by atoms with van der Waals surface area (Å²) in [6, 6.07) is 0. The Hall–Kier alpha value is -2.86. The number of carbonyl (C=O) groups excluding carboxylic acids is 3. The van der Waals surface area contributed by atoms with Gasteiger partial charge in [0, 0.05) is 12.7 Å². The molecular formula is C22H29F3N2O4. The van der Waals surface area contributed by atoms with Crippen LogP contribution in [0.2, 0.25) is 0 Å². The lowest BCUT2D eigenvalue weighted by molar-refractivity contribution is -0.174. The van der Waals surface area contributed by atoms with Crippen LogP contribution in [0.5, 0.6) is 0 Å². The van der Waals surface area contributed by atoms with E-state index in [4.69, 9.17) is 4.74 Å². The number of amides is 2. The Morgan fingerprint density at radius 1 is 1.39 bits per heavy atom. The number of nitrogens with one attached hydrogen (secondary N) is 1. The predicted molar refractivity (Wildman–Crippen MR) is 111 cm³/mol. The van der Waals surface area contributed by atoms with Gasteiger partial charge in [-0.15, -0.1) is 18.9 Å². The molecule has 1 fully saturated rings. The van der Waals surface area contributed by atoms with Crippen molar-refractivity contribution in [2.45, 2.75) is 45.6 Å². The maximum absolute atomic E-state index is 12.7. The molecule has 4 unspecified atom stereocenters. The number of hydrogen-bond acceptors (Lipinski definition) is 4. The Bertz CT molecular complexity index is 768. The van der Waals surface area contributed by atoms with E-state index >= 15 is 0 Å². The monoisotopic (exact) mass is 442 g/mol. The topological polar surface area (TPSA) is 75.7 Å². The van der Waals surface area contributed by atoms with Gasteiger partial charge in [-0.05, 0) is 27.7 Å². The van der Waals surface area contributed by atoms with E-state index in [1.807, 2.05) is 6.92 Å². The average Bonchev–Trinajstić information content (AvgIpc) is 3.27. The molecule has 2 rings (SSSR count). The third-order valence-corrected chi connectivity index (χ3v) is 4.72. The van der Waals surface area contributed by atoms with Crippen LogP contribution in [0.25, 0.3) is 0 Å². The number of terminal acetylenes is 1. The number of aldehydes is 1. The fraction of sp³-hybridized carbons (Fsp3) is 0.500. The third-order valence-electron chi connectivity index (χ3n) is 4.72. The van der Waals surface area contributed by atoms with Crippen LogP contribution in [0.3, 0.4) is 0 Å². The molecule has 0 radical (unpaired) electrons. The number of nitrogens with zero attached hydrogens (tertiary/aromatic N) is 1. The van der Waals surface area contributed by atoms with Gasteiger partial charge in [0.1, 0.15) is 11.9 Å². The molecule has 0 aromatic rings. The van der Waals surface area contributed by atoms with Crippen molar-refractivity contribution < 1.29 is 32.3 Å². The van der Waals surface area contributed by atoms with Gasteiger partial charge in [-0.25, -0.2) is 0 Å². The van der Waals surface area contributed by atoms with E-state index in [2.05, 4.69) is 18.9 Å². The van der Waals surface area contributed by atoms with Crippen LogP contribution in [0.15, 0.2) is 36.6 Å². The van der Waals surface area contributed by atoms with Gasteiger partial charge in [-0.1, -0.05) is 24.3 Å². The number of fused-ring (bicyclic) bond motifs is 2. The highest BCUT2D eigenvalue weighted by Crippen LogP contribution is 2.46. The molecule has 1 N–H and O–H groups in total. The summed E-state index contributed by atoms with van der Waals surface area (Å²) in [5, 5.41) is 1.73. The van der Waals surface area contributed by atoms with Crippen LogP contribution >= 0.6 is 0 Å². The maximum atomic E-state index is 12.7. The second-order valence-electron chi connectivity index (χ2n) is 6.79. The summed E-state index contributed by atoms with van der Waals surface area (Å²) < 4.78 is 42.7. The van der Waals surface area contributed by atoms with Gasteiger partial charge in [0.2, 0.25) is 5.91 Å². The first-order valence-electron chi connectivity index (χ1n) is 9.43. The fourth-order valence-electron chi connectivity index (χ4n) is 3.10. The van der Waals surface area contributed by atoms with Gasteiger partial charge in [0.05, 0.1) is 24.5 Å². The zero-order valence-corrected chi connectivity index (χ0v) is 18.3. The van der Waals surface area contributed by atoms with Crippen LogP contribution in [0.4, 0.5) is 13.2 Å². The van der Waals surface area contributed by atoms with E-state index in [0.29, 0.717) is 12.0 Å². The van der Waals surface area contributed by atoms with Crippen molar-refractivity contribution in [3.05, 3.63) is 36.6 Å². The standard InChI is InChI=1S/C16H19F3N2O4.C3H6.C3H4/c1-4-9(2)21(3)13(23)12-10(7-22)15(6-5-11(12)25-15)8-20-14(24)16(17,18)19;2*1-3-2/h4-7,10-12H,8H2,1-3H3,(H,20,24);3H,1H2,2H3;1H,2H3/b9-4+;;. The number of halogens is 3. The minimum atomic E-state index is -5.04. The lowest BCUT2D eigenvalue weighted by Crippen LogP contribution is -2.51. The summed E-state index contributed by atoms with van der Waals surface area (Å²) in [4.78, 5) is 36.7. The maximum Gasteiger partial charge on any atom is 0.471 e. The molecule has 0 aliphatic carbocycles. The first kappa shape index (κ1) is 28.1. The lowest BCUT2D eigenvalue weighted by atomic mass is 9.75. The molecule has 9 heteroatoms. The first-order chi connectivity index (χ1) is 14.4. The van der Waals surface area contributed by atoms with Crippen molar-refractivity contribution in [3.8, 4) is 12.3 Å². The number of ether oxygens (including phenoxy) is 1. The molecule has 2 aliphatic rings. The predicted octanol–water partition coefficient (Wildman–Crippen LogP) is 3.02. The molecule has 1 saturated heterocycles. The van der Waals surface area contributed by atoms with Gasteiger partial charge < -0.3 is 19.7 Å². The Morgan fingerprint density at radius 3 is 2.32 bits per heavy atom. The van der Waals surface area contributed by atoms with Crippen LogP contribution in [-0.4, -0.2) is 54.5 Å². The Balaban J connectivity index is 0.00000134. The second-order valence-corrected chi connectivity index (χ2v) is 6.79. The lowest BCUT2D eigenvalue weighted by Gasteiger charge is -2.31. The molecular weight excluding hydrogens is 413 g/mol. The van der Waals surface area contributed by atoms with Crippen molar-refractivity contribution >= 4 is 18.1 Å².